The van der Waals surface area contributed by atoms with E-state index < -0.39 is 0 Å². The Kier molecular flexibility index (Phi) is 6.02. The van der Waals surface area contributed by atoms with Crippen molar-refractivity contribution in [1.82, 2.24) is 15.1 Å². The number of halogens is 1. The molecule has 0 spiro atoms. The molecule has 116 valence electrons. The number of nitrogens with zero attached hydrogens (tertiary/aromatic N) is 2. The second-order valence-electron chi connectivity index (χ2n) is 5.25. The number of hydrogen-bond acceptors (Lipinski definition) is 4. The molecule has 1 aromatic carbocycles. The summed E-state index contributed by atoms with van der Waals surface area (Å²) in [6.07, 6.45) is 0. The van der Waals surface area contributed by atoms with Crippen molar-refractivity contribution >= 4 is 21.8 Å². The first-order valence-corrected chi connectivity index (χ1v) is 7.92. The minimum absolute atomic E-state index is 0.0894. The van der Waals surface area contributed by atoms with E-state index in [2.05, 4.69) is 38.1 Å². The minimum Gasteiger partial charge on any atom is -0.496 e. The molecule has 21 heavy (non-hydrogen) atoms. The number of hydrogen-bond donors (Lipinski definition) is 1. The van der Waals surface area contributed by atoms with Gasteiger partial charge in [0.05, 0.1) is 12.7 Å². The fraction of sp³-hybridized carbons (Fsp3) is 0.533. The molecule has 6 heteroatoms. The Morgan fingerprint density at radius 2 is 2.05 bits per heavy atom. The largest absolute Gasteiger partial charge is 0.496 e. The predicted octanol–water partition coefficient (Wildman–Crippen LogP) is 1.43. The van der Waals surface area contributed by atoms with Crippen LogP contribution in [0.5, 0.6) is 5.75 Å². The second-order valence-corrected chi connectivity index (χ2v) is 6.16. The van der Waals surface area contributed by atoms with Crippen molar-refractivity contribution in [2.45, 2.75) is 0 Å². The zero-order valence-electron chi connectivity index (χ0n) is 12.6. The number of carbonyl (C=O) groups excluding carboxylic acids is 1. The first-order valence-electron chi connectivity index (χ1n) is 7.13. The van der Waals surface area contributed by atoms with Gasteiger partial charge in [-0.1, -0.05) is 15.9 Å². The smallest absolute Gasteiger partial charge is 0.255 e. The molecular weight excluding hydrogens is 334 g/mol. The summed E-state index contributed by atoms with van der Waals surface area (Å²) < 4.78 is 6.15. The van der Waals surface area contributed by atoms with Crippen LogP contribution in [0.4, 0.5) is 0 Å². The van der Waals surface area contributed by atoms with E-state index in [1.165, 1.54) is 0 Å². The van der Waals surface area contributed by atoms with Gasteiger partial charge in [-0.25, -0.2) is 0 Å². The van der Waals surface area contributed by atoms with E-state index in [1.807, 2.05) is 6.07 Å². The van der Waals surface area contributed by atoms with E-state index in [-0.39, 0.29) is 5.91 Å². The number of rotatable bonds is 5. The maximum Gasteiger partial charge on any atom is 0.255 e. The van der Waals surface area contributed by atoms with Gasteiger partial charge in [0.15, 0.2) is 0 Å². The summed E-state index contributed by atoms with van der Waals surface area (Å²) in [4.78, 5) is 16.9. The standard InChI is InChI=1S/C15H22BrN3O2/c1-18-7-9-19(10-8-18)6-5-17-15(20)13-4-3-12(16)11-14(13)21-2/h3-4,11H,5-10H2,1-2H3,(H,17,20). The first-order chi connectivity index (χ1) is 10.1. The maximum atomic E-state index is 12.2. The Hall–Kier alpha value is -1.11. The molecule has 1 amide bonds. The van der Waals surface area contributed by atoms with Crippen LogP contribution in [0.2, 0.25) is 0 Å². The van der Waals surface area contributed by atoms with E-state index in [0.717, 1.165) is 37.2 Å². The van der Waals surface area contributed by atoms with Gasteiger partial charge in [0, 0.05) is 43.7 Å². The van der Waals surface area contributed by atoms with Gasteiger partial charge < -0.3 is 15.0 Å². The molecule has 0 aromatic heterocycles. The van der Waals surface area contributed by atoms with Crippen LogP contribution in [0.3, 0.4) is 0 Å². The third-order valence-corrected chi connectivity index (χ3v) is 4.21. The SMILES string of the molecule is COc1cc(Br)ccc1C(=O)NCCN1CCN(C)CC1. The first kappa shape index (κ1) is 16.3. The fourth-order valence-corrected chi connectivity index (χ4v) is 2.69. The molecule has 0 radical (unpaired) electrons. The second kappa shape index (κ2) is 7.77. The molecule has 0 atom stereocenters. The lowest BCUT2D eigenvalue weighted by molar-refractivity contribution is 0.0938. The highest BCUT2D eigenvalue weighted by Crippen LogP contribution is 2.23. The molecular formula is C15H22BrN3O2. The highest BCUT2D eigenvalue weighted by Gasteiger charge is 2.15. The molecule has 1 saturated heterocycles. The van der Waals surface area contributed by atoms with Crippen LogP contribution in [0.15, 0.2) is 22.7 Å². The molecule has 1 N–H and O–H groups in total. The quantitative estimate of drug-likeness (QED) is 0.867. The van der Waals surface area contributed by atoms with Crippen LogP contribution in [0.1, 0.15) is 10.4 Å². The van der Waals surface area contributed by atoms with Gasteiger partial charge in [0.2, 0.25) is 0 Å². The maximum absolute atomic E-state index is 12.2. The normalized spacial score (nSPS) is 16.7. The van der Waals surface area contributed by atoms with E-state index in [1.54, 1.807) is 19.2 Å². The topological polar surface area (TPSA) is 44.8 Å². The summed E-state index contributed by atoms with van der Waals surface area (Å²) in [7, 11) is 3.71. The molecule has 5 nitrogen and oxygen atoms in total. The number of carbonyl (C=O) groups is 1. The molecule has 0 bridgehead atoms. The Morgan fingerprint density at radius 3 is 2.71 bits per heavy atom. The molecule has 0 aliphatic carbocycles. The van der Waals surface area contributed by atoms with Crippen LogP contribution in [0, 0.1) is 0 Å². The van der Waals surface area contributed by atoms with Gasteiger partial charge in [0.25, 0.3) is 5.91 Å². The summed E-state index contributed by atoms with van der Waals surface area (Å²) in [6.45, 7) is 5.85. The van der Waals surface area contributed by atoms with E-state index in [4.69, 9.17) is 4.74 Å². The lowest BCUT2D eigenvalue weighted by Gasteiger charge is -2.32. The molecule has 1 aliphatic heterocycles. The van der Waals surface area contributed by atoms with Crippen LogP contribution < -0.4 is 10.1 Å². The molecule has 1 aliphatic rings. The number of ether oxygens (including phenoxy) is 1. The average molecular weight is 356 g/mol. The van der Waals surface area contributed by atoms with Crippen molar-refractivity contribution < 1.29 is 9.53 Å². The summed E-state index contributed by atoms with van der Waals surface area (Å²) >= 11 is 3.37. The fourth-order valence-electron chi connectivity index (χ4n) is 2.35. The van der Waals surface area contributed by atoms with Crippen molar-refractivity contribution in [2.24, 2.45) is 0 Å². The van der Waals surface area contributed by atoms with Crippen molar-refractivity contribution in [2.75, 3.05) is 53.4 Å². The summed E-state index contributed by atoms with van der Waals surface area (Å²) in [6, 6.07) is 5.42. The molecule has 2 rings (SSSR count). The molecule has 1 aromatic rings. The van der Waals surface area contributed by atoms with Crippen LogP contribution in [0.25, 0.3) is 0 Å². The molecule has 1 heterocycles. The van der Waals surface area contributed by atoms with Crippen LogP contribution >= 0.6 is 15.9 Å². The lowest BCUT2D eigenvalue weighted by atomic mass is 10.2. The van der Waals surface area contributed by atoms with Gasteiger partial charge >= 0.3 is 0 Å². The van der Waals surface area contributed by atoms with Crippen LogP contribution in [-0.4, -0.2) is 69.1 Å². The number of likely N-dealkylation sites (N-methyl/N-ethyl adjacent to an activating group) is 1. The number of benzene rings is 1. The third-order valence-electron chi connectivity index (χ3n) is 3.72. The van der Waals surface area contributed by atoms with Crippen LogP contribution in [-0.2, 0) is 0 Å². The Labute approximate surface area is 134 Å². The Morgan fingerprint density at radius 1 is 1.33 bits per heavy atom. The minimum atomic E-state index is -0.0894. The van der Waals surface area contributed by atoms with Crippen molar-refractivity contribution in [3.63, 3.8) is 0 Å². The number of methoxy groups -OCH3 is 1. The highest BCUT2D eigenvalue weighted by molar-refractivity contribution is 9.10. The highest BCUT2D eigenvalue weighted by atomic mass is 79.9. The van der Waals surface area contributed by atoms with E-state index >= 15 is 0 Å². The summed E-state index contributed by atoms with van der Waals surface area (Å²) in [5.41, 5.74) is 0.569. The summed E-state index contributed by atoms with van der Waals surface area (Å²) in [5.74, 6) is 0.495. The van der Waals surface area contributed by atoms with Gasteiger partial charge in [-0.15, -0.1) is 0 Å². The Bertz CT molecular complexity index is 488. The lowest BCUT2D eigenvalue weighted by Crippen LogP contribution is -2.46. The predicted molar refractivity (Wildman–Crippen MR) is 87.0 cm³/mol. The summed E-state index contributed by atoms with van der Waals surface area (Å²) in [5, 5.41) is 2.96. The van der Waals surface area contributed by atoms with Crippen molar-refractivity contribution in [3.05, 3.63) is 28.2 Å². The Balaban J connectivity index is 1.82. The zero-order valence-corrected chi connectivity index (χ0v) is 14.1. The van der Waals surface area contributed by atoms with Gasteiger partial charge in [-0.3, -0.25) is 9.69 Å². The molecule has 0 unspecified atom stereocenters. The number of nitrogens with one attached hydrogen (secondary N) is 1. The zero-order chi connectivity index (χ0) is 15.2. The van der Waals surface area contributed by atoms with Gasteiger partial charge in [-0.2, -0.15) is 0 Å². The van der Waals surface area contributed by atoms with E-state index in [0.29, 0.717) is 17.9 Å². The van der Waals surface area contributed by atoms with E-state index in [9.17, 15) is 4.79 Å². The number of piperazine rings is 1. The number of amides is 1. The van der Waals surface area contributed by atoms with Gasteiger partial charge in [-0.05, 0) is 25.2 Å². The molecule has 1 fully saturated rings. The monoisotopic (exact) mass is 355 g/mol. The average Bonchev–Trinajstić information content (AvgIpc) is 2.49. The third kappa shape index (κ3) is 4.69. The van der Waals surface area contributed by atoms with Gasteiger partial charge in [0.1, 0.15) is 5.75 Å². The van der Waals surface area contributed by atoms with Crippen molar-refractivity contribution in [1.29, 1.82) is 0 Å². The van der Waals surface area contributed by atoms with Crippen molar-refractivity contribution in [3.8, 4) is 5.75 Å². The molecule has 0 saturated carbocycles.